The number of aryl methyl sites for hydroxylation is 1. The molecule has 0 bridgehead atoms. The van der Waals surface area contributed by atoms with Crippen molar-refractivity contribution in [3.63, 3.8) is 0 Å². The first kappa shape index (κ1) is 16.9. The molecule has 0 heterocycles. The standard InChI is InChI=1S/C17H16F2O4/c1-10-3-6-16(12(7-10)17(21)22-2)23-9-15(20)11-4-5-13(18)14(19)8-11/h3-8,15,20H,9H2,1-2H3. The van der Waals surface area contributed by atoms with Crippen LogP contribution in [-0.4, -0.2) is 24.8 Å². The van der Waals surface area contributed by atoms with Gasteiger partial charge in [0.15, 0.2) is 11.6 Å². The van der Waals surface area contributed by atoms with Crippen LogP contribution in [0.25, 0.3) is 0 Å². The molecule has 2 aromatic carbocycles. The van der Waals surface area contributed by atoms with Crippen molar-refractivity contribution in [2.45, 2.75) is 13.0 Å². The number of esters is 1. The molecule has 6 heteroatoms. The van der Waals surface area contributed by atoms with Gasteiger partial charge in [0.1, 0.15) is 24.0 Å². The first-order valence-electron chi connectivity index (χ1n) is 6.87. The molecule has 1 unspecified atom stereocenters. The summed E-state index contributed by atoms with van der Waals surface area (Å²) < 4.78 is 36.2. The Bertz CT molecular complexity index is 716. The fraction of sp³-hybridized carbons (Fsp3) is 0.235. The fourth-order valence-corrected chi connectivity index (χ4v) is 2.02. The molecule has 1 N–H and O–H groups in total. The molecule has 0 saturated heterocycles. The largest absolute Gasteiger partial charge is 0.490 e. The summed E-state index contributed by atoms with van der Waals surface area (Å²) in [7, 11) is 1.25. The van der Waals surface area contributed by atoms with Crippen LogP contribution in [0.4, 0.5) is 8.78 Å². The summed E-state index contributed by atoms with van der Waals surface area (Å²) in [5.41, 5.74) is 1.25. The molecule has 0 amide bonds. The average Bonchev–Trinajstić information content (AvgIpc) is 2.55. The minimum absolute atomic E-state index is 0.177. The number of carbonyl (C=O) groups excluding carboxylic acids is 1. The van der Waals surface area contributed by atoms with Crippen LogP contribution >= 0.6 is 0 Å². The molecule has 2 aromatic rings. The van der Waals surface area contributed by atoms with E-state index in [1.54, 1.807) is 18.2 Å². The lowest BCUT2D eigenvalue weighted by Gasteiger charge is -2.15. The van der Waals surface area contributed by atoms with E-state index in [2.05, 4.69) is 4.74 Å². The normalized spacial score (nSPS) is 11.9. The first-order chi connectivity index (χ1) is 10.9. The lowest BCUT2D eigenvalue weighted by molar-refractivity contribution is 0.0588. The number of hydrogen-bond acceptors (Lipinski definition) is 4. The van der Waals surface area contributed by atoms with Gasteiger partial charge in [0.25, 0.3) is 0 Å². The van der Waals surface area contributed by atoms with E-state index in [1.165, 1.54) is 13.2 Å². The Kier molecular flexibility index (Phi) is 5.28. The molecule has 122 valence electrons. The van der Waals surface area contributed by atoms with Crippen LogP contribution < -0.4 is 4.74 Å². The van der Waals surface area contributed by atoms with E-state index in [0.29, 0.717) is 0 Å². The molecule has 1 atom stereocenters. The minimum atomic E-state index is -1.17. The zero-order chi connectivity index (χ0) is 17.0. The van der Waals surface area contributed by atoms with Crippen molar-refractivity contribution in [3.05, 3.63) is 64.7 Å². The number of hydrogen-bond donors (Lipinski definition) is 1. The maximum atomic E-state index is 13.2. The molecule has 2 rings (SSSR count). The van der Waals surface area contributed by atoms with Gasteiger partial charge >= 0.3 is 5.97 Å². The topological polar surface area (TPSA) is 55.8 Å². The second-order valence-corrected chi connectivity index (χ2v) is 4.99. The summed E-state index contributed by atoms with van der Waals surface area (Å²) in [6.07, 6.45) is -1.17. The Morgan fingerprint density at radius 1 is 1.17 bits per heavy atom. The lowest BCUT2D eigenvalue weighted by Crippen LogP contribution is -2.13. The molecule has 0 aliphatic heterocycles. The van der Waals surface area contributed by atoms with Crippen molar-refractivity contribution in [2.75, 3.05) is 13.7 Å². The van der Waals surface area contributed by atoms with Crippen molar-refractivity contribution in [2.24, 2.45) is 0 Å². The number of ether oxygens (including phenoxy) is 2. The molecule has 0 saturated carbocycles. The molecule has 0 fully saturated rings. The van der Waals surface area contributed by atoms with E-state index >= 15 is 0 Å². The van der Waals surface area contributed by atoms with Crippen molar-refractivity contribution in [1.82, 2.24) is 0 Å². The Balaban J connectivity index is 2.14. The molecule has 4 nitrogen and oxygen atoms in total. The molecule has 23 heavy (non-hydrogen) atoms. The Labute approximate surface area is 132 Å². The number of aliphatic hydroxyl groups excluding tert-OH is 1. The van der Waals surface area contributed by atoms with Gasteiger partial charge in [-0.1, -0.05) is 17.7 Å². The van der Waals surface area contributed by atoms with Crippen LogP contribution in [0.2, 0.25) is 0 Å². The van der Waals surface area contributed by atoms with Gasteiger partial charge in [-0.2, -0.15) is 0 Å². The molecular weight excluding hydrogens is 306 g/mol. The second kappa shape index (κ2) is 7.19. The van der Waals surface area contributed by atoms with Crippen LogP contribution in [0, 0.1) is 18.6 Å². The number of halogens is 2. The summed E-state index contributed by atoms with van der Waals surface area (Å²) in [5, 5.41) is 10.0. The maximum absolute atomic E-state index is 13.2. The maximum Gasteiger partial charge on any atom is 0.341 e. The highest BCUT2D eigenvalue weighted by atomic mass is 19.2. The van der Waals surface area contributed by atoms with Gasteiger partial charge in [0, 0.05) is 0 Å². The van der Waals surface area contributed by atoms with E-state index in [-0.39, 0.29) is 23.5 Å². The van der Waals surface area contributed by atoms with Crippen molar-refractivity contribution >= 4 is 5.97 Å². The van der Waals surface area contributed by atoms with Gasteiger partial charge in [-0.15, -0.1) is 0 Å². The number of aliphatic hydroxyl groups is 1. The van der Waals surface area contributed by atoms with Gasteiger partial charge in [-0.05, 0) is 36.8 Å². The summed E-state index contributed by atoms with van der Waals surface area (Å²) in [6, 6.07) is 8.03. The Hall–Kier alpha value is -2.47. The van der Waals surface area contributed by atoms with Crippen LogP contribution in [-0.2, 0) is 4.74 Å². The van der Waals surface area contributed by atoms with E-state index < -0.39 is 23.7 Å². The third kappa shape index (κ3) is 4.04. The zero-order valence-corrected chi connectivity index (χ0v) is 12.7. The highest BCUT2D eigenvalue weighted by molar-refractivity contribution is 5.92. The van der Waals surface area contributed by atoms with Crippen molar-refractivity contribution in [1.29, 1.82) is 0 Å². The number of rotatable bonds is 5. The molecule has 0 radical (unpaired) electrons. The monoisotopic (exact) mass is 322 g/mol. The molecule has 0 aromatic heterocycles. The summed E-state index contributed by atoms with van der Waals surface area (Å²) in [4.78, 5) is 11.7. The molecule has 0 aliphatic rings. The molecule has 0 aliphatic carbocycles. The summed E-state index contributed by atoms with van der Waals surface area (Å²) in [6.45, 7) is 1.59. The lowest BCUT2D eigenvalue weighted by atomic mass is 10.1. The molecular formula is C17H16F2O4. The van der Waals surface area contributed by atoms with Crippen LogP contribution in [0.5, 0.6) is 5.75 Å². The zero-order valence-electron chi connectivity index (χ0n) is 12.7. The van der Waals surface area contributed by atoms with E-state index in [9.17, 15) is 18.7 Å². The van der Waals surface area contributed by atoms with E-state index in [1.807, 2.05) is 6.92 Å². The number of benzene rings is 2. The predicted molar refractivity (Wildman–Crippen MR) is 79.3 cm³/mol. The van der Waals surface area contributed by atoms with Crippen molar-refractivity contribution in [3.8, 4) is 5.75 Å². The second-order valence-electron chi connectivity index (χ2n) is 4.99. The highest BCUT2D eigenvalue weighted by Gasteiger charge is 2.16. The quantitative estimate of drug-likeness (QED) is 0.859. The Morgan fingerprint density at radius 3 is 2.57 bits per heavy atom. The highest BCUT2D eigenvalue weighted by Crippen LogP contribution is 2.23. The van der Waals surface area contributed by atoms with Crippen LogP contribution in [0.15, 0.2) is 36.4 Å². The van der Waals surface area contributed by atoms with Crippen molar-refractivity contribution < 1.29 is 28.2 Å². The summed E-state index contributed by atoms with van der Waals surface area (Å²) >= 11 is 0. The Morgan fingerprint density at radius 2 is 1.91 bits per heavy atom. The average molecular weight is 322 g/mol. The number of methoxy groups -OCH3 is 1. The number of carbonyl (C=O) groups is 1. The van der Waals surface area contributed by atoms with Crippen LogP contribution in [0.3, 0.4) is 0 Å². The van der Waals surface area contributed by atoms with E-state index in [4.69, 9.17) is 4.74 Å². The third-order valence-electron chi connectivity index (χ3n) is 3.27. The van der Waals surface area contributed by atoms with E-state index in [0.717, 1.165) is 17.7 Å². The minimum Gasteiger partial charge on any atom is -0.490 e. The smallest absolute Gasteiger partial charge is 0.341 e. The molecule has 0 spiro atoms. The van der Waals surface area contributed by atoms with Gasteiger partial charge < -0.3 is 14.6 Å². The fourth-order valence-electron chi connectivity index (χ4n) is 2.02. The van der Waals surface area contributed by atoms with Gasteiger partial charge in [0.2, 0.25) is 0 Å². The van der Waals surface area contributed by atoms with Gasteiger partial charge in [-0.3, -0.25) is 0 Å². The van der Waals surface area contributed by atoms with Gasteiger partial charge in [-0.25, -0.2) is 13.6 Å². The van der Waals surface area contributed by atoms with Gasteiger partial charge in [0.05, 0.1) is 7.11 Å². The first-order valence-corrected chi connectivity index (χ1v) is 6.87. The van der Waals surface area contributed by atoms with Crippen LogP contribution in [0.1, 0.15) is 27.6 Å². The summed E-state index contributed by atoms with van der Waals surface area (Å²) in [5.74, 6) is -2.37. The predicted octanol–water partition coefficient (Wildman–Crippen LogP) is 3.17. The third-order valence-corrected chi connectivity index (χ3v) is 3.27. The SMILES string of the molecule is COC(=O)c1cc(C)ccc1OCC(O)c1ccc(F)c(F)c1.